The predicted octanol–water partition coefficient (Wildman–Crippen LogP) is 3.72. The zero-order chi connectivity index (χ0) is 16.3. The van der Waals surface area contributed by atoms with E-state index >= 15 is 0 Å². The average molecular weight is 366 g/mol. The van der Waals surface area contributed by atoms with Crippen molar-refractivity contribution in [2.75, 3.05) is 0 Å². The first-order chi connectivity index (χ1) is 10.4. The molecule has 0 fully saturated rings. The summed E-state index contributed by atoms with van der Waals surface area (Å²) in [6.07, 6.45) is 1.24. The smallest absolute Gasteiger partial charge is 0.270 e. The van der Waals surface area contributed by atoms with Crippen LogP contribution in [0.25, 0.3) is 0 Å². The van der Waals surface area contributed by atoms with Crippen molar-refractivity contribution in [2.24, 2.45) is 4.99 Å². The number of halogens is 1. The van der Waals surface area contributed by atoms with E-state index in [-0.39, 0.29) is 22.7 Å². The molecule has 1 N–H and O–H groups in total. The van der Waals surface area contributed by atoms with Gasteiger partial charge in [-0.15, -0.1) is 0 Å². The van der Waals surface area contributed by atoms with Gasteiger partial charge in [-0.1, -0.05) is 0 Å². The number of phenolic OH excluding ortho intramolecular Hbond substituents is 1. The van der Waals surface area contributed by atoms with E-state index in [0.717, 1.165) is 0 Å². The summed E-state index contributed by atoms with van der Waals surface area (Å²) in [6, 6.07) is 7.55. The number of hydrogen-bond acceptors (Lipinski definition) is 6. The lowest BCUT2D eigenvalue weighted by atomic mass is 10.2. The molecular formula is C13H8BrN3O5. The Hall–Kier alpha value is -2.81. The van der Waals surface area contributed by atoms with Crippen LogP contribution in [0.15, 0.2) is 45.9 Å². The van der Waals surface area contributed by atoms with E-state index < -0.39 is 9.85 Å². The Morgan fingerprint density at radius 1 is 1.05 bits per heavy atom. The van der Waals surface area contributed by atoms with Gasteiger partial charge in [-0.25, -0.2) is 0 Å². The predicted molar refractivity (Wildman–Crippen MR) is 82.8 cm³/mol. The Bertz CT molecular complexity index is 791. The van der Waals surface area contributed by atoms with Crippen molar-refractivity contribution in [3.05, 3.63) is 66.7 Å². The van der Waals surface area contributed by atoms with Gasteiger partial charge in [0.2, 0.25) is 0 Å². The summed E-state index contributed by atoms with van der Waals surface area (Å²) in [5.41, 5.74) is 0.280. The summed E-state index contributed by atoms with van der Waals surface area (Å²) < 4.78 is 0.392. The number of phenols is 1. The highest BCUT2D eigenvalue weighted by Gasteiger charge is 2.10. The van der Waals surface area contributed by atoms with Gasteiger partial charge in [0.25, 0.3) is 11.4 Å². The number of benzene rings is 2. The van der Waals surface area contributed by atoms with Gasteiger partial charge in [0, 0.05) is 40.5 Å². The first kappa shape index (κ1) is 15.6. The summed E-state index contributed by atoms with van der Waals surface area (Å²) in [6.45, 7) is 0. The highest BCUT2D eigenvalue weighted by molar-refractivity contribution is 9.10. The summed E-state index contributed by atoms with van der Waals surface area (Å²) in [5, 5.41) is 31.0. The van der Waals surface area contributed by atoms with E-state index in [9.17, 15) is 25.3 Å². The fourth-order valence-corrected chi connectivity index (χ4v) is 2.08. The molecular weight excluding hydrogens is 358 g/mol. The van der Waals surface area contributed by atoms with Crippen LogP contribution < -0.4 is 0 Å². The molecule has 2 rings (SSSR count). The maximum atomic E-state index is 10.7. The van der Waals surface area contributed by atoms with E-state index in [0.29, 0.717) is 10.2 Å². The van der Waals surface area contributed by atoms with Crippen LogP contribution in [0.1, 0.15) is 5.56 Å². The molecule has 0 saturated heterocycles. The Balaban J connectivity index is 2.34. The summed E-state index contributed by atoms with van der Waals surface area (Å²) in [4.78, 5) is 24.3. The summed E-state index contributed by atoms with van der Waals surface area (Å²) >= 11 is 3.16. The van der Waals surface area contributed by atoms with Gasteiger partial charge in [-0.05, 0) is 28.1 Å². The molecule has 9 heteroatoms. The first-order valence-corrected chi connectivity index (χ1v) is 6.63. The lowest BCUT2D eigenvalue weighted by Crippen LogP contribution is -1.90. The van der Waals surface area contributed by atoms with Gasteiger partial charge in [0.15, 0.2) is 0 Å². The SMILES string of the molecule is O=[N+]([O-])c1ccc(N=Cc2cc([N+](=O)[O-])ccc2O)c(Br)c1. The highest BCUT2D eigenvalue weighted by Crippen LogP contribution is 2.30. The van der Waals surface area contributed by atoms with Crippen molar-refractivity contribution in [1.82, 2.24) is 0 Å². The molecule has 0 saturated carbocycles. The van der Waals surface area contributed by atoms with E-state index in [2.05, 4.69) is 20.9 Å². The number of nitro groups is 2. The molecule has 112 valence electrons. The number of nitrogens with zero attached hydrogens (tertiary/aromatic N) is 3. The molecule has 0 aliphatic rings. The fourth-order valence-electron chi connectivity index (χ4n) is 1.61. The molecule has 0 bridgehead atoms. The molecule has 22 heavy (non-hydrogen) atoms. The van der Waals surface area contributed by atoms with Crippen LogP contribution in [-0.4, -0.2) is 21.2 Å². The third-order valence-corrected chi connectivity index (χ3v) is 3.34. The topological polar surface area (TPSA) is 119 Å². The Labute approximate surface area is 132 Å². The molecule has 0 aliphatic heterocycles. The minimum atomic E-state index is -0.585. The zero-order valence-corrected chi connectivity index (χ0v) is 12.4. The Morgan fingerprint density at radius 2 is 1.64 bits per heavy atom. The molecule has 0 atom stereocenters. The second-order valence-corrected chi connectivity index (χ2v) is 5.01. The minimum absolute atomic E-state index is 0.0935. The standard InChI is InChI=1S/C13H8BrN3O5/c14-11-6-10(17(21)22)1-3-12(11)15-7-8-5-9(16(19)20)2-4-13(8)18/h1-7,18H. The van der Waals surface area contributed by atoms with Gasteiger partial charge in [0.1, 0.15) is 5.75 Å². The molecule has 0 aliphatic carbocycles. The number of non-ortho nitro benzene ring substituents is 2. The summed E-state index contributed by atoms with van der Waals surface area (Å²) in [5.74, 6) is -0.160. The maximum absolute atomic E-state index is 10.7. The number of aromatic hydroxyl groups is 1. The molecule has 0 radical (unpaired) electrons. The van der Waals surface area contributed by atoms with E-state index in [1.807, 2.05) is 0 Å². The van der Waals surface area contributed by atoms with Crippen LogP contribution in [0.3, 0.4) is 0 Å². The van der Waals surface area contributed by atoms with Gasteiger partial charge in [0.05, 0.1) is 15.5 Å². The van der Waals surface area contributed by atoms with Crippen molar-refractivity contribution >= 4 is 39.2 Å². The normalized spacial score (nSPS) is 10.8. The van der Waals surface area contributed by atoms with E-state index in [4.69, 9.17) is 0 Å². The van der Waals surface area contributed by atoms with E-state index in [1.54, 1.807) is 0 Å². The largest absolute Gasteiger partial charge is 0.507 e. The maximum Gasteiger partial charge on any atom is 0.270 e. The number of aliphatic imine (C=N–C) groups is 1. The van der Waals surface area contributed by atoms with Crippen molar-refractivity contribution in [2.45, 2.75) is 0 Å². The van der Waals surface area contributed by atoms with Crippen LogP contribution in [0.2, 0.25) is 0 Å². The van der Waals surface area contributed by atoms with Crippen LogP contribution in [-0.2, 0) is 0 Å². The molecule has 0 unspecified atom stereocenters. The number of nitro benzene ring substituents is 2. The summed E-state index contributed by atoms with van der Waals surface area (Å²) in [7, 11) is 0. The van der Waals surface area contributed by atoms with Crippen LogP contribution >= 0.6 is 15.9 Å². The second kappa shape index (κ2) is 6.31. The monoisotopic (exact) mass is 365 g/mol. The number of rotatable bonds is 4. The van der Waals surface area contributed by atoms with Crippen molar-refractivity contribution in [1.29, 1.82) is 0 Å². The Morgan fingerprint density at radius 3 is 2.23 bits per heavy atom. The van der Waals surface area contributed by atoms with Gasteiger partial charge < -0.3 is 5.11 Å². The highest BCUT2D eigenvalue weighted by atomic mass is 79.9. The third-order valence-electron chi connectivity index (χ3n) is 2.71. The number of hydrogen-bond donors (Lipinski definition) is 1. The molecule has 0 heterocycles. The molecule has 2 aromatic rings. The van der Waals surface area contributed by atoms with Gasteiger partial charge in [-0.2, -0.15) is 0 Å². The fraction of sp³-hybridized carbons (Fsp3) is 0. The molecule has 8 nitrogen and oxygen atoms in total. The van der Waals surface area contributed by atoms with Crippen molar-refractivity contribution in [3.63, 3.8) is 0 Å². The lowest BCUT2D eigenvalue weighted by molar-refractivity contribution is -0.385. The van der Waals surface area contributed by atoms with Crippen molar-refractivity contribution < 1.29 is 15.0 Å². The van der Waals surface area contributed by atoms with Crippen LogP contribution in [0.5, 0.6) is 5.75 Å². The zero-order valence-electron chi connectivity index (χ0n) is 10.8. The molecule has 0 amide bonds. The molecule has 0 spiro atoms. The van der Waals surface area contributed by atoms with Gasteiger partial charge >= 0.3 is 0 Å². The van der Waals surface area contributed by atoms with Crippen LogP contribution in [0.4, 0.5) is 17.1 Å². The van der Waals surface area contributed by atoms with E-state index in [1.165, 1.54) is 42.6 Å². The second-order valence-electron chi connectivity index (χ2n) is 4.15. The molecule has 0 aromatic heterocycles. The average Bonchev–Trinajstić information content (AvgIpc) is 2.47. The van der Waals surface area contributed by atoms with Crippen molar-refractivity contribution in [3.8, 4) is 5.75 Å². The Kier molecular flexibility index (Phi) is 4.47. The molecule has 2 aromatic carbocycles. The van der Waals surface area contributed by atoms with Gasteiger partial charge in [-0.3, -0.25) is 25.2 Å². The quantitative estimate of drug-likeness (QED) is 0.502. The minimum Gasteiger partial charge on any atom is -0.507 e. The first-order valence-electron chi connectivity index (χ1n) is 5.84. The lowest BCUT2D eigenvalue weighted by Gasteiger charge is -2.00. The third kappa shape index (κ3) is 3.44. The van der Waals surface area contributed by atoms with Crippen LogP contribution in [0, 0.1) is 20.2 Å².